The van der Waals surface area contributed by atoms with E-state index in [1.54, 1.807) is 0 Å². The zero-order chi connectivity index (χ0) is 13.4. The van der Waals surface area contributed by atoms with Crippen LogP contribution in [0.3, 0.4) is 0 Å². The van der Waals surface area contributed by atoms with Crippen LogP contribution in [0.1, 0.15) is 28.0 Å². The molecule has 0 amide bonds. The summed E-state index contributed by atoms with van der Waals surface area (Å²) < 4.78 is 11.7. The van der Waals surface area contributed by atoms with Gasteiger partial charge in [0.15, 0.2) is 0 Å². The van der Waals surface area contributed by atoms with Gasteiger partial charge in [-0.15, -0.1) is 0 Å². The summed E-state index contributed by atoms with van der Waals surface area (Å²) in [4.78, 5) is 0. The average molecular weight is 247 g/mol. The van der Waals surface area contributed by atoms with Gasteiger partial charge in [0.05, 0.1) is 5.39 Å². The number of hydrogen-bond donors (Lipinski definition) is 1. The van der Waals surface area contributed by atoms with E-state index in [0.29, 0.717) is 6.73 Å². The van der Waals surface area contributed by atoms with Gasteiger partial charge in [-0.2, -0.15) is 0 Å². The highest BCUT2D eigenvalue weighted by atomic mass is 16.5. The van der Waals surface area contributed by atoms with Crippen molar-refractivity contribution in [2.24, 2.45) is 0 Å². The maximum absolute atomic E-state index is 5.89. The molecule has 0 aliphatic heterocycles. The molecule has 1 aromatic carbocycles. The first-order valence-electron chi connectivity index (χ1n) is 6.25. The number of furan rings is 1. The van der Waals surface area contributed by atoms with E-state index in [1.165, 1.54) is 22.3 Å². The van der Waals surface area contributed by atoms with Gasteiger partial charge in [0.25, 0.3) is 0 Å². The van der Waals surface area contributed by atoms with Crippen LogP contribution in [0, 0.1) is 34.6 Å². The summed E-state index contributed by atoms with van der Waals surface area (Å²) in [5, 5.41) is 4.13. The molecule has 2 aromatic rings. The zero-order valence-electron chi connectivity index (χ0n) is 12.0. The van der Waals surface area contributed by atoms with E-state index in [0.717, 1.165) is 22.5 Å². The average Bonchev–Trinajstić information content (AvgIpc) is 2.64. The molecule has 0 saturated carbocycles. The zero-order valence-corrected chi connectivity index (χ0v) is 12.0. The van der Waals surface area contributed by atoms with Gasteiger partial charge in [0.1, 0.15) is 23.8 Å². The highest BCUT2D eigenvalue weighted by molar-refractivity contribution is 5.93. The Morgan fingerprint density at radius 3 is 2.22 bits per heavy atom. The van der Waals surface area contributed by atoms with Gasteiger partial charge in [-0.3, -0.25) is 5.32 Å². The summed E-state index contributed by atoms with van der Waals surface area (Å²) in [6.07, 6.45) is 0. The Morgan fingerprint density at radius 1 is 0.944 bits per heavy atom. The third-order valence-corrected chi connectivity index (χ3v) is 3.78. The van der Waals surface area contributed by atoms with Gasteiger partial charge in [-0.25, -0.2) is 0 Å². The lowest BCUT2D eigenvalue weighted by Gasteiger charge is -2.14. The molecule has 1 heterocycles. The summed E-state index contributed by atoms with van der Waals surface area (Å²) in [5.74, 6) is 1.91. The Balaban J connectivity index is 2.80. The van der Waals surface area contributed by atoms with Crippen LogP contribution in [-0.4, -0.2) is 13.8 Å². The molecule has 18 heavy (non-hydrogen) atoms. The third-order valence-electron chi connectivity index (χ3n) is 3.78. The molecule has 0 saturated heterocycles. The van der Waals surface area contributed by atoms with Crippen molar-refractivity contribution in [3.63, 3.8) is 0 Å². The second kappa shape index (κ2) is 4.65. The molecule has 0 aliphatic carbocycles. The van der Waals surface area contributed by atoms with Crippen LogP contribution in [-0.2, 0) is 0 Å². The van der Waals surface area contributed by atoms with Crippen LogP contribution in [0.5, 0.6) is 5.75 Å². The van der Waals surface area contributed by atoms with E-state index >= 15 is 0 Å². The van der Waals surface area contributed by atoms with Crippen LogP contribution in [0.4, 0.5) is 0 Å². The van der Waals surface area contributed by atoms with E-state index in [1.807, 2.05) is 14.0 Å². The van der Waals surface area contributed by atoms with E-state index in [-0.39, 0.29) is 0 Å². The Labute approximate surface area is 108 Å². The minimum Gasteiger partial charge on any atom is -0.477 e. The van der Waals surface area contributed by atoms with Gasteiger partial charge in [-0.05, 0) is 58.4 Å². The second-order valence-corrected chi connectivity index (χ2v) is 4.83. The van der Waals surface area contributed by atoms with Crippen molar-refractivity contribution >= 4 is 11.0 Å². The van der Waals surface area contributed by atoms with Crippen molar-refractivity contribution in [2.75, 3.05) is 13.8 Å². The molecule has 0 aliphatic rings. The van der Waals surface area contributed by atoms with Gasteiger partial charge < -0.3 is 9.15 Å². The van der Waals surface area contributed by atoms with E-state index in [4.69, 9.17) is 9.15 Å². The molecule has 3 nitrogen and oxygen atoms in total. The van der Waals surface area contributed by atoms with Crippen LogP contribution in [0.15, 0.2) is 4.42 Å². The van der Waals surface area contributed by atoms with Crippen molar-refractivity contribution in [1.82, 2.24) is 5.32 Å². The standard InChI is InChI=1S/C15H21NO2/c1-8-9(2)14(17-7-16-6)13-11(4)12(5)18-15(13)10(8)3/h16H,7H2,1-6H3. The van der Waals surface area contributed by atoms with Crippen molar-refractivity contribution in [3.8, 4) is 5.75 Å². The van der Waals surface area contributed by atoms with Crippen LogP contribution in [0.25, 0.3) is 11.0 Å². The molecule has 1 aromatic heterocycles. The predicted molar refractivity (Wildman–Crippen MR) is 74.5 cm³/mol. The van der Waals surface area contributed by atoms with Crippen LogP contribution >= 0.6 is 0 Å². The summed E-state index contributed by atoms with van der Waals surface area (Å²) >= 11 is 0. The van der Waals surface area contributed by atoms with Crippen molar-refractivity contribution in [3.05, 3.63) is 28.0 Å². The quantitative estimate of drug-likeness (QED) is 0.842. The molecule has 3 heteroatoms. The molecule has 98 valence electrons. The van der Waals surface area contributed by atoms with Crippen molar-refractivity contribution in [2.45, 2.75) is 34.6 Å². The molecule has 0 fully saturated rings. The first-order chi connectivity index (χ1) is 8.49. The smallest absolute Gasteiger partial charge is 0.141 e. The highest BCUT2D eigenvalue weighted by Crippen LogP contribution is 2.39. The molecule has 0 radical (unpaired) electrons. The lowest BCUT2D eigenvalue weighted by molar-refractivity contribution is 0.297. The number of nitrogens with one attached hydrogen (secondary N) is 1. The van der Waals surface area contributed by atoms with Crippen LogP contribution in [0.2, 0.25) is 0 Å². The molecular formula is C15H21NO2. The molecule has 2 rings (SSSR count). The molecule has 0 atom stereocenters. The van der Waals surface area contributed by atoms with Crippen molar-refractivity contribution in [1.29, 1.82) is 0 Å². The molecule has 1 N–H and O–H groups in total. The summed E-state index contributed by atoms with van der Waals surface area (Å²) in [5.41, 5.74) is 5.76. The molecule has 0 unspecified atom stereocenters. The van der Waals surface area contributed by atoms with Crippen molar-refractivity contribution < 1.29 is 9.15 Å². The summed E-state index contributed by atoms with van der Waals surface area (Å²) in [7, 11) is 1.88. The number of benzene rings is 1. The SMILES string of the molecule is CNCOc1c(C)c(C)c(C)c2oc(C)c(C)c12. The first kappa shape index (κ1) is 13.0. The Morgan fingerprint density at radius 2 is 1.61 bits per heavy atom. The van der Waals surface area contributed by atoms with Gasteiger partial charge in [-0.1, -0.05) is 0 Å². The van der Waals surface area contributed by atoms with E-state index in [9.17, 15) is 0 Å². The Kier molecular flexibility index (Phi) is 3.35. The van der Waals surface area contributed by atoms with E-state index < -0.39 is 0 Å². The fraction of sp³-hybridized carbons (Fsp3) is 0.467. The van der Waals surface area contributed by atoms with Gasteiger partial charge in [0.2, 0.25) is 0 Å². The largest absolute Gasteiger partial charge is 0.477 e. The number of ether oxygens (including phenoxy) is 1. The first-order valence-corrected chi connectivity index (χ1v) is 6.25. The number of fused-ring (bicyclic) bond motifs is 1. The Hall–Kier alpha value is -1.48. The third kappa shape index (κ3) is 1.79. The lowest BCUT2D eigenvalue weighted by atomic mass is 9.98. The second-order valence-electron chi connectivity index (χ2n) is 4.83. The van der Waals surface area contributed by atoms with Crippen LogP contribution < -0.4 is 10.1 Å². The molecule has 0 spiro atoms. The summed E-state index contributed by atoms with van der Waals surface area (Å²) in [6.45, 7) is 10.9. The number of rotatable bonds is 3. The fourth-order valence-electron chi connectivity index (χ4n) is 2.30. The maximum atomic E-state index is 5.89. The number of hydrogen-bond acceptors (Lipinski definition) is 3. The molecular weight excluding hydrogens is 226 g/mol. The topological polar surface area (TPSA) is 34.4 Å². The van der Waals surface area contributed by atoms with Gasteiger partial charge in [0, 0.05) is 5.56 Å². The van der Waals surface area contributed by atoms with Gasteiger partial charge >= 0.3 is 0 Å². The normalized spacial score (nSPS) is 11.2. The monoisotopic (exact) mass is 247 g/mol. The summed E-state index contributed by atoms with van der Waals surface area (Å²) in [6, 6.07) is 0. The number of aryl methyl sites for hydroxylation is 3. The highest BCUT2D eigenvalue weighted by Gasteiger charge is 2.19. The lowest BCUT2D eigenvalue weighted by Crippen LogP contribution is -2.15. The fourth-order valence-corrected chi connectivity index (χ4v) is 2.30. The van der Waals surface area contributed by atoms with E-state index in [2.05, 4.69) is 33.0 Å². The maximum Gasteiger partial charge on any atom is 0.141 e. The predicted octanol–water partition coefficient (Wildman–Crippen LogP) is 3.53. The Bertz CT molecular complexity index is 597. The minimum atomic E-state index is 0.502. The molecule has 0 bridgehead atoms. The minimum absolute atomic E-state index is 0.502.